The Hall–Kier alpha value is -3.32. The van der Waals surface area contributed by atoms with Crippen LogP contribution in [-0.2, 0) is 14.8 Å². The van der Waals surface area contributed by atoms with Crippen LogP contribution in [0.25, 0.3) is 0 Å². The number of methoxy groups -OCH3 is 1. The van der Waals surface area contributed by atoms with Crippen molar-refractivity contribution in [2.75, 3.05) is 18.6 Å². The molecule has 9 heteroatoms. The Bertz CT molecular complexity index is 1350. The lowest BCUT2D eigenvalue weighted by Crippen LogP contribution is -2.56. The van der Waals surface area contributed by atoms with E-state index in [0.29, 0.717) is 24.2 Å². The molecule has 0 bridgehead atoms. The van der Waals surface area contributed by atoms with Crippen LogP contribution in [0.2, 0.25) is 0 Å². The van der Waals surface area contributed by atoms with Gasteiger partial charge in [0.15, 0.2) is 0 Å². The summed E-state index contributed by atoms with van der Waals surface area (Å²) in [6.45, 7) is 0.472. The third-order valence-corrected chi connectivity index (χ3v) is 7.62. The van der Waals surface area contributed by atoms with E-state index >= 15 is 0 Å². The number of sulfonamides is 1. The number of quaternary nitrogens is 1. The zero-order valence-corrected chi connectivity index (χ0v) is 19.5. The summed E-state index contributed by atoms with van der Waals surface area (Å²) >= 11 is 1.46. The molecule has 0 spiro atoms. The second kappa shape index (κ2) is 9.27. The number of hydrogen-bond donors (Lipinski definition) is 1. The van der Waals surface area contributed by atoms with E-state index in [1.807, 2.05) is 36.4 Å². The van der Waals surface area contributed by atoms with E-state index in [0.717, 1.165) is 21.1 Å². The fourth-order valence-electron chi connectivity index (χ4n) is 3.81. The van der Waals surface area contributed by atoms with Crippen LogP contribution < -0.4 is 14.8 Å². The third-order valence-electron chi connectivity index (χ3n) is 5.52. The van der Waals surface area contributed by atoms with Gasteiger partial charge in [-0.05, 0) is 54.1 Å². The van der Waals surface area contributed by atoms with E-state index < -0.39 is 10.0 Å². The smallest absolute Gasteiger partial charge is 0.322 e. The van der Waals surface area contributed by atoms with Crippen LogP contribution in [0.5, 0.6) is 5.75 Å². The summed E-state index contributed by atoms with van der Waals surface area (Å²) < 4.78 is 28.6. The van der Waals surface area contributed by atoms with Crippen LogP contribution in [0.4, 0.5) is 5.69 Å². The number of para-hydroxylation sites is 1. The standard InChI is InChI=1S/C24H21N3O4S2/c1-31-21-4-2-3-5-22(21)32-23-12-16(6-7-17(23)14-25)18-13-24(28)27(15-18)19-8-10-20(11-9-19)33(26,29)30/h2-12,18H,13,15H2,1H3,(H2,26,29,30)/p+1. The number of anilines is 1. The Morgan fingerprint density at radius 3 is 2.48 bits per heavy atom. The van der Waals surface area contributed by atoms with Crippen LogP contribution in [0.1, 0.15) is 23.5 Å². The summed E-state index contributed by atoms with van der Waals surface area (Å²) in [5, 5.41) is 12.7. The minimum absolute atomic E-state index is 0.0338. The average Bonchev–Trinajstić information content (AvgIpc) is 3.20. The fourth-order valence-corrected chi connectivity index (χ4v) is 5.41. The molecular weight excluding hydrogens is 458 g/mol. The van der Waals surface area contributed by atoms with E-state index in [-0.39, 0.29) is 16.7 Å². The molecule has 1 saturated heterocycles. The summed E-state index contributed by atoms with van der Waals surface area (Å²) in [6.07, 6.45) is 0.333. The third kappa shape index (κ3) is 4.88. The number of amides is 1. The molecule has 0 aliphatic carbocycles. The molecule has 4 rings (SSSR count). The van der Waals surface area contributed by atoms with Gasteiger partial charge in [0.1, 0.15) is 16.7 Å². The van der Waals surface area contributed by atoms with Gasteiger partial charge in [0.2, 0.25) is 5.91 Å². The van der Waals surface area contributed by atoms with Crippen molar-refractivity contribution in [1.29, 1.82) is 5.26 Å². The highest BCUT2D eigenvalue weighted by molar-refractivity contribution is 7.99. The molecule has 1 fully saturated rings. The van der Waals surface area contributed by atoms with Gasteiger partial charge in [0, 0.05) is 29.5 Å². The predicted octanol–water partition coefficient (Wildman–Crippen LogP) is 3.17. The van der Waals surface area contributed by atoms with Crippen molar-refractivity contribution in [1.82, 2.24) is 0 Å². The van der Waals surface area contributed by atoms with E-state index in [1.54, 1.807) is 30.2 Å². The summed E-state index contributed by atoms with van der Waals surface area (Å²) in [5.41, 5.74) is 2.17. The Kier molecular flexibility index (Phi) is 6.42. The minimum Gasteiger partial charge on any atom is -0.496 e. The molecule has 1 aliphatic rings. The summed E-state index contributed by atoms with van der Waals surface area (Å²) in [4.78, 5) is 16.2. The van der Waals surface area contributed by atoms with Crippen LogP contribution in [0.3, 0.4) is 0 Å². The number of carbonyl (C=O) groups excluding carboxylic acids is 1. The molecule has 7 nitrogen and oxygen atoms in total. The molecule has 1 unspecified atom stereocenters. The first kappa shape index (κ1) is 22.9. The number of carbonyl (C=O) groups is 1. The molecule has 1 heterocycles. The Morgan fingerprint density at radius 2 is 1.82 bits per heavy atom. The Labute approximate surface area is 196 Å². The molecule has 3 aromatic carbocycles. The normalized spacial score (nSPS) is 16.0. The van der Waals surface area contributed by atoms with Gasteiger partial charge in [-0.15, -0.1) is 0 Å². The number of nitriles is 1. The van der Waals surface area contributed by atoms with Gasteiger partial charge in [-0.3, -0.25) is 4.79 Å². The quantitative estimate of drug-likeness (QED) is 0.579. The van der Waals surface area contributed by atoms with Crippen molar-refractivity contribution >= 4 is 33.4 Å². The predicted molar refractivity (Wildman–Crippen MR) is 125 cm³/mol. The molecule has 3 N–H and O–H groups in total. The van der Waals surface area contributed by atoms with Crippen molar-refractivity contribution in [3.63, 3.8) is 0 Å². The average molecular weight is 481 g/mol. The van der Waals surface area contributed by atoms with Gasteiger partial charge in [-0.2, -0.15) is 13.7 Å². The highest BCUT2D eigenvalue weighted by atomic mass is 32.2. The highest BCUT2D eigenvalue weighted by Crippen LogP contribution is 2.39. The van der Waals surface area contributed by atoms with Crippen molar-refractivity contribution < 1.29 is 23.1 Å². The van der Waals surface area contributed by atoms with Gasteiger partial charge in [-0.25, -0.2) is 5.14 Å². The zero-order valence-electron chi connectivity index (χ0n) is 17.9. The Balaban J connectivity index is 1.59. The first-order valence-corrected chi connectivity index (χ1v) is 12.6. The molecule has 1 atom stereocenters. The SMILES string of the molecule is COc1ccccc1Sc1cc(C2CC(=O)N(c3ccc(S([NH3+])(=O)=O)cc3)C2)ccc1C#N. The van der Waals surface area contributed by atoms with E-state index in [2.05, 4.69) is 11.2 Å². The van der Waals surface area contributed by atoms with Crippen LogP contribution in [0.15, 0.2) is 81.4 Å². The van der Waals surface area contributed by atoms with E-state index in [9.17, 15) is 18.5 Å². The molecule has 0 radical (unpaired) electrons. The van der Waals surface area contributed by atoms with Crippen molar-refractivity contribution in [2.24, 2.45) is 0 Å². The van der Waals surface area contributed by atoms with Crippen molar-refractivity contribution in [3.8, 4) is 11.8 Å². The van der Waals surface area contributed by atoms with Crippen LogP contribution >= 0.6 is 11.8 Å². The lowest BCUT2D eigenvalue weighted by Gasteiger charge is -2.17. The number of ether oxygens (including phenoxy) is 1. The van der Waals surface area contributed by atoms with Crippen molar-refractivity contribution in [3.05, 3.63) is 77.9 Å². The maximum absolute atomic E-state index is 12.7. The molecule has 0 aromatic heterocycles. The summed E-state index contributed by atoms with van der Waals surface area (Å²) in [7, 11) is -1.93. The maximum Gasteiger partial charge on any atom is 0.322 e. The fraction of sp³-hybridized carbons (Fsp3) is 0.167. The number of hydrogen-bond acceptors (Lipinski definition) is 6. The highest BCUT2D eigenvalue weighted by Gasteiger charge is 2.32. The monoisotopic (exact) mass is 480 g/mol. The Morgan fingerprint density at radius 1 is 1.09 bits per heavy atom. The van der Waals surface area contributed by atoms with Gasteiger partial charge in [-0.1, -0.05) is 30.0 Å². The van der Waals surface area contributed by atoms with E-state index in [1.165, 1.54) is 23.9 Å². The van der Waals surface area contributed by atoms with Gasteiger partial charge >= 0.3 is 10.0 Å². The summed E-state index contributed by atoms with van der Waals surface area (Å²) in [5.74, 6) is 0.652. The molecule has 33 heavy (non-hydrogen) atoms. The first-order chi connectivity index (χ1) is 15.8. The zero-order chi connectivity index (χ0) is 23.6. The topological polar surface area (TPSA) is 115 Å². The lowest BCUT2D eigenvalue weighted by atomic mass is 9.97. The van der Waals surface area contributed by atoms with Gasteiger partial charge in [0.05, 0.1) is 17.6 Å². The second-order valence-corrected chi connectivity index (χ2v) is 10.4. The molecular formula is C24H22N3O4S2+. The molecule has 1 aliphatic heterocycles. The number of benzene rings is 3. The number of rotatable bonds is 6. The van der Waals surface area contributed by atoms with Gasteiger partial charge in [0.25, 0.3) is 0 Å². The van der Waals surface area contributed by atoms with Gasteiger partial charge < -0.3 is 9.64 Å². The van der Waals surface area contributed by atoms with Crippen LogP contribution in [-0.4, -0.2) is 28.0 Å². The van der Waals surface area contributed by atoms with E-state index in [4.69, 9.17) is 4.74 Å². The largest absolute Gasteiger partial charge is 0.496 e. The first-order valence-electron chi connectivity index (χ1n) is 10.1. The molecule has 168 valence electrons. The molecule has 1 amide bonds. The molecule has 0 saturated carbocycles. The maximum atomic E-state index is 12.7. The van der Waals surface area contributed by atoms with Crippen LogP contribution in [0, 0.1) is 11.3 Å². The van der Waals surface area contributed by atoms with Crippen molar-refractivity contribution in [2.45, 2.75) is 27.0 Å². The lowest BCUT2D eigenvalue weighted by molar-refractivity contribution is -0.164. The number of nitrogens with zero attached hydrogens (tertiary/aromatic N) is 2. The summed E-state index contributed by atoms with van der Waals surface area (Å²) in [6, 6.07) is 21.7. The second-order valence-electron chi connectivity index (χ2n) is 7.63. The molecule has 3 aromatic rings. The minimum atomic E-state index is -3.54.